The van der Waals surface area contributed by atoms with Gasteiger partial charge in [-0.2, -0.15) is 5.26 Å². The molecule has 158 valence electrons. The standard InChI is InChI=1S/C23H28N4O2S/c24-14-18-21(25-9-11-26(12-10-25)23(29)20-6-3-13-30-20)17-4-1-2-5-19(17)27(22(18)28)15-16-7-8-16/h3,6,13,16-17,19H,1-2,4-5,7-12,15H2. The zero-order valence-electron chi connectivity index (χ0n) is 17.3. The maximum Gasteiger partial charge on any atom is 0.266 e. The van der Waals surface area contributed by atoms with E-state index in [4.69, 9.17) is 0 Å². The molecule has 0 radical (unpaired) electrons. The lowest BCUT2D eigenvalue weighted by Crippen LogP contribution is -2.56. The van der Waals surface area contributed by atoms with Crippen LogP contribution >= 0.6 is 11.3 Å². The Kier molecular flexibility index (Phi) is 5.28. The van der Waals surface area contributed by atoms with E-state index in [-0.39, 0.29) is 23.8 Å². The van der Waals surface area contributed by atoms with Gasteiger partial charge in [-0.3, -0.25) is 9.59 Å². The molecule has 0 N–H and O–H groups in total. The van der Waals surface area contributed by atoms with Gasteiger partial charge in [0.15, 0.2) is 0 Å². The quantitative estimate of drug-likeness (QED) is 0.745. The Morgan fingerprint density at radius 3 is 2.57 bits per heavy atom. The van der Waals surface area contributed by atoms with Crippen molar-refractivity contribution in [3.05, 3.63) is 33.7 Å². The maximum absolute atomic E-state index is 13.3. The number of hydrogen-bond donors (Lipinski definition) is 0. The minimum atomic E-state index is -0.0559. The molecule has 3 fully saturated rings. The van der Waals surface area contributed by atoms with Gasteiger partial charge in [0.1, 0.15) is 11.6 Å². The lowest BCUT2D eigenvalue weighted by atomic mass is 9.76. The van der Waals surface area contributed by atoms with E-state index in [9.17, 15) is 14.9 Å². The Hall–Kier alpha value is -2.33. The summed E-state index contributed by atoms with van der Waals surface area (Å²) in [7, 11) is 0. The van der Waals surface area contributed by atoms with Crippen LogP contribution in [0.5, 0.6) is 0 Å². The Morgan fingerprint density at radius 2 is 1.90 bits per heavy atom. The number of thiophene rings is 1. The summed E-state index contributed by atoms with van der Waals surface area (Å²) in [5.74, 6) is 0.930. The van der Waals surface area contributed by atoms with Crippen LogP contribution in [0.15, 0.2) is 28.8 Å². The summed E-state index contributed by atoms with van der Waals surface area (Å²) >= 11 is 1.48. The molecule has 2 aliphatic carbocycles. The van der Waals surface area contributed by atoms with Gasteiger partial charge in [-0.15, -0.1) is 11.3 Å². The van der Waals surface area contributed by atoms with Gasteiger partial charge >= 0.3 is 0 Å². The average Bonchev–Trinajstić information content (AvgIpc) is 3.44. The third-order valence-electron chi connectivity index (χ3n) is 7.12. The minimum Gasteiger partial charge on any atom is -0.370 e. The molecule has 2 amide bonds. The second-order valence-corrected chi connectivity index (χ2v) is 9.94. The third-order valence-corrected chi connectivity index (χ3v) is 7.97. The molecular weight excluding hydrogens is 396 g/mol. The molecule has 30 heavy (non-hydrogen) atoms. The zero-order chi connectivity index (χ0) is 20.7. The van der Waals surface area contributed by atoms with Crippen molar-refractivity contribution >= 4 is 23.2 Å². The van der Waals surface area contributed by atoms with Gasteiger partial charge in [-0.1, -0.05) is 18.9 Å². The molecule has 1 aromatic heterocycles. The summed E-state index contributed by atoms with van der Waals surface area (Å²) in [5, 5.41) is 11.9. The van der Waals surface area contributed by atoms with Crippen LogP contribution in [-0.4, -0.2) is 65.3 Å². The van der Waals surface area contributed by atoms with E-state index >= 15 is 0 Å². The van der Waals surface area contributed by atoms with Crippen LogP contribution in [0.2, 0.25) is 0 Å². The van der Waals surface area contributed by atoms with Crippen LogP contribution in [0.1, 0.15) is 48.2 Å². The number of amides is 2. The molecule has 4 aliphatic rings. The molecule has 3 heterocycles. The van der Waals surface area contributed by atoms with Crippen molar-refractivity contribution in [1.82, 2.24) is 14.7 Å². The van der Waals surface area contributed by atoms with Crippen LogP contribution < -0.4 is 0 Å². The van der Waals surface area contributed by atoms with Gasteiger partial charge < -0.3 is 14.7 Å². The SMILES string of the molecule is N#CC1=C(N2CCN(C(=O)c3cccs3)CC2)C2CCCCC2N(CC2CC2)C1=O. The predicted octanol–water partition coefficient (Wildman–Crippen LogP) is 3.09. The summed E-state index contributed by atoms with van der Waals surface area (Å²) in [6, 6.07) is 6.30. The smallest absolute Gasteiger partial charge is 0.266 e. The maximum atomic E-state index is 13.3. The Morgan fingerprint density at radius 1 is 1.13 bits per heavy atom. The minimum absolute atomic E-state index is 0.0559. The first-order chi connectivity index (χ1) is 14.7. The van der Waals surface area contributed by atoms with Gasteiger partial charge in [0, 0.05) is 50.4 Å². The summed E-state index contributed by atoms with van der Waals surface area (Å²) in [5.41, 5.74) is 1.33. The number of nitrogens with zero attached hydrogens (tertiary/aromatic N) is 4. The van der Waals surface area contributed by atoms with Crippen LogP contribution in [0.3, 0.4) is 0 Å². The van der Waals surface area contributed by atoms with E-state index < -0.39 is 0 Å². The summed E-state index contributed by atoms with van der Waals surface area (Å²) in [6.07, 6.45) is 6.83. The van der Waals surface area contributed by atoms with Gasteiger partial charge in [0.25, 0.3) is 11.8 Å². The topological polar surface area (TPSA) is 67.7 Å². The van der Waals surface area contributed by atoms with Gasteiger partial charge in [0.2, 0.25) is 0 Å². The zero-order valence-corrected chi connectivity index (χ0v) is 18.1. The van der Waals surface area contributed by atoms with Crippen molar-refractivity contribution in [2.75, 3.05) is 32.7 Å². The fraction of sp³-hybridized carbons (Fsp3) is 0.609. The second kappa shape index (κ2) is 8.07. The highest BCUT2D eigenvalue weighted by atomic mass is 32.1. The monoisotopic (exact) mass is 424 g/mol. The van der Waals surface area contributed by atoms with Crippen molar-refractivity contribution in [3.8, 4) is 6.07 Å². The number of carbonyl (C=O) groups is 2. The lowest BCUT2D eigenvalue weighted by Gasteiger charge is -2.49. The molecule has 2 saturated carbocycles. The van der Waals surface area contributed by atoms with Crippen molar-refractivity contribution in [1.29, 1.82) is 5.26 Å². The Balaban J connectivity index is 1.37. The first-order valence-corrected chi connectivity index (χ1v) is 12.1. The van der Waals surface area contributed by atoms with Crippen molar-refractivity contribution in [2.24, 2.45) is 11.8 Å². The first-order valence-electron chi connectivity index (χ1n) is 11.2. The molecule has 7 heteroatoms. The van der Waals surface area contributed by atoms with Gasteiger partial charge in [-0.05, 0) is 43.0 Å². The fourth-order valence-corrected chi connectivity index (χ4v) is 6.08. The second-order valence-electron chi connectivity index (χ2n) is 8.99. The molecule has 0 spiro atoms. The number of rotatable bonds is 4. The molecule has 2 unspecified atom stereocenters. The van der Waals surface area contributed by atoms with Crippen molar-refractivity contribution in [3.63, 3.8) is 0 Å². The van der Waals surface area contributed by atoms with E-state index in [1.54, 1.807) is 0 Å². The van der Waals surface area contributed by atoms with Crippen LogP contribution in [0.25, 0.3) is 0 Å². The van der Waals surface area contributed by atoms with Gasteiger partial charge in [-0.25, -0.2) is 0 Å². The number of nitriles is 1. The Bertz CT molecular complexity index is 891. The normalized spacial score (nSPS) is 27.2. The molecule has 2 aliphatic heterocycles. The fourth-order valence-electron chi connectivity index (χ4n) is 5.39. The summed E-state index contributed by atoms with van der Waals surface area (Å²) < 4.78 is 0. The van der Waals surface area contributed by atoms with E-state index in [0.29, 0.717) is 37.7 Å². The van der Waals surface area contributed by atoms with E-state index in [1.165, 1.54) is 24.2 Å². The number of carbonyl (C=O) groups excluding carboxylic acids is 2. The highest BCUT2D eigenvalue weighted by molar-refractivity contribution is 7.12. The van der Waals surface area contributed by atoms with E-state index in [0.717, 1.165) is 42.8 Å². The average molecular weight is 425 g/mol. The van der Waals surface area contributed by atoms with Crippen LogP contribution in [0.4, 0.5) is 0 Å². The molecule has 1 aromatic rings. The highest BCUT2D eigenvalue weighted by Crippen LogP contribution is 2.43. The van der Waals surface area contributed by atoms with Crippen LogP contribution in [-0.2, 0) is 4.79 Å². The predicted molar refractivity (Wildman–Crippen MR) is 115 cm³/mol. The van der Waals surface area contributed by atoms with Crippen molar-refractivity contribution < 1.29 is 9.59 Å². The summed E-state index contributed by atoms with van der Waals surface area (Å²) in [4.78, 5) is 33.0. The third kappa shape index (κ3) is 3.51. The van der Waals surface area contributed by atoms with Crippen molar-refractivity contribution in [2.45, 2.75) is 44.6 Å². The van der Waals surface area contributed by atoms with Crippen LogP contribution in [0, 0.1) is 23.2 Å². The van der Waals surface area contributed by atoms with E-state index in [2.05, 4.69) is 11.0 Å². The molecule has 5 rings (SSSR count). The molecule has 2 atom stereocenters. The van der Waals surface area contributed by atoms with E-state index in [1.807, 2.05) is 27.3 Å². The molecule has 1 saturated heterocycles. The number of fused-ring (bicyclic) bond motifs is 1. The number of piperazine rings is 1. The summed E-state index contributed by atoms with van der Waals surface area (Å²) in [6.45, 7) is 3.47. The Labute approximate surface area is 181 Å². The largest absolute Gasteiger partial charge is 0.370 e. The number of hydrogen-bond acceptors (Lipinski definition) is 5. The molecule has 0 aromatic carbocycles. The molecule has 6 nitrogen and oxygen atoms in total. The van der Waals surface area contributed by atoms with Gasteiger partial charge in [0.05, 0.1) is 4.88 Å². The molecule has 0 bridgehead atoms. The highest BCUT2D eigenvalue weighted by Gasteiger charge is 2.46. The first kappa shape index (κ1) is 19.6. The lowest BCUT2D eigenvalue weighted by molar-refractivity contribution is -0.133. The molecular formula is C23H28N4O2S.